The van der Waals surface area contributed by atoms with E-state index >= 15 is 0 Å². The molecule has 1 fully saturated rings. The highest BCUT2D eigenvalue weighted by atomic mass is 15.4. The van der Waals surface area contributed by atoms with Gasteiger partial charge in [0.05, 0.1) is 35.6 Å². The molecule has 2 aliphatic rings. The molecule has 0 bridgehead atoms. The minimum atomic E-state index is 0.402. The Morgan fingerprint density at radius 1 is 1.22 bits per heavy atom. The van der Waals surface area contributed by atoms with E-state index in [2.05, 4.69) is 33.0 Å². The highest BCUT2D eigenvalue weighted by molar-refractivity contribution is 6.30. The summed E-state index contributed by atoms with van der Waals surface area (Å²) in [4.78, 5) is 13.5. The van der Waals surface area contributed by atoms with Crippen molar-refractivity contribution >= 4 is 28.1 Å². The molecule has 4 heterocycles. The van der Waals surface area contributed by atoms with E-state index in [0.29, 0.717) is 11.6 Å². The molecule has 1 saturated carbocycles. The number of aromatic nitrogens is 3. The maximum Gasteiger partial charge on any atom is 0.228 e. The van der Waals surface area contributed by atoms with Gasteiger partial charge in [-0.1, -0.05) is 0 Å². The van der Waals surface area contributed by atoms with Crippen LogP contribution in [0.25, 0.3) is 16.6 Å². The van der Waals surface area contributed by atoms with Gasteiger partial charge >= 0.3 is 0 Å². The van der Waals surface area contributed by atoms with E-state index in [4.69, 9.17) is 10.4 Å². The van der Waals surface area contributed by atoms with E-state index in [9.17, 15) is 0 Å². The van der Waals surface area contributed by atoms with Crippen LogP contribution in [0.1, 0.15) is 24.0 Å². The first-order chi connectivity index (χ1) is 15.7. The van der Waals surface area contributed by atoms with Crippen molar-refractivity contribution in [3.05, 3.63) is 89.9 Å². The Hall–Kier alpha value is -3.88. The lowest BCUT2D eigenvalue weighted by atomic mass is 9.98. The zero-order chi connectivity index (χ0) is 21.9. The van der Waals surface area contributed by atoms with Gasteiger partial charge in [-0.15, -0.1) is 0 Å². The van der Waals surface area contributed by atoms with E-state index in [-0.39, 0.29) is 0 Å². The lowest BCUT2D eigenvalue weighted by molar-refractivity contribution is -0.656. The minimum Gasteiger partial charge on any atom is -0.322 e. The molecule has 8 heteroatoms. The maximum absolute atomic E-state index is 8.69. The Balaban J connectivity index is 1.44. The van der Waals surface area contributed by atoms with Crippen molar-refractivity contribution in [1.29, 1.82) is 5.41 Å². The summed E-state index contributed by atoms with van der Waals surface area (Å²) in [5.74, 6) is 2.43. The van der Waals surface area contributed by atoms with Crippen molar-refractivity contribution in [2.75, 3.05) is 12.4 Å². The average Bonchev–Trinajstić information content (AvgIpc) is 3.68. The van der Waals surface area contributed by atoms with Crippen LogP contribution in [0.15, 0.2) is 78.8 Å². The van der Waals surface area contributed by atoms with Gasteiger partial charge in [0.15, 0.2) is 0 Å². The Morgan fingerprint density at radius 3 is 2.91 bits per heavy atom. The van der Waals surface area contributed by atoms with Gasteiger partial charge in [-0.05, 0) is 54.7 Å². The van der Waals surface area contributed by atoms with Gasteiger partial charge in [0, 0.05) is 35.8 Å². The van der Waals surface area contributed by atoms with Crippen molar-refractivity contribution in [3.8, 4) is 0 Å². The zero-order valence-electron chi connectivity index (χ0n) is 17.8. The maximum atomic E-state index is 8.69. The van der Waals surface area contributed by atoms with Gasteiger partial charge in [-0.25, -0.2) is 10.4 Å². The van der Waals surface area contributed by atoms with Crippen molar-refractivity contribution in [1.82, 2.24) is 20.4 Å². The molecule has 0 radical (unpaired) electrons. The van der Waals surface area contributed by atoms with Crippen molar-refractivity contribution in [2.45, 2.75) is 12.8 Å². The number of nitrogens with zero attached hydrogens (tertiary/aromatic N) is 3. The van der Waals surface area contributed by atoms with Crippen LogP contribution in [0.4, 0.5) is 5.82 Å². The van der Waals surface area contributed by atoms with Crippen LogP contribution in [0.3, 0.4) is 0 Å². The number of quaternary nitrogens is 2. The largest absolute Gasteiger partial charge is 0.322 e. The minimum absolute atomic E-state index is 0.402. The molecule has 0 aromatic carbocycles. The highest BCUT2D eigenvalue weighted by Gasteiger charge is 2.27. The Labute approximate surface area is 186 Å². The molecule has 5 rings (SSSR count). The summed E-state index contributed by atoms with van der Waals surface area (Å²) in [6, 6.07) is 9.61. The molecule has 3 aromatic heterocycles. The van der Waals surface area contributed by atoms with Gasteiger partial charge in [-0.2, -0.15) is 5.43 Å². The number of hydrogen-bond donors (Lipinski definition) is 5. The van der Waals surface area contributed by atoms with Crippen LogP contribution in [-0.2, 0) is 0 Å². The third-order valence-electron chi connectivity index (χ3n) is 5.53. The summed E-state index contributed by atoms with van der Waals surface area (Å²) in [6.07, 6.45) is 13.9. The topological polar surface area (TPSA) is 120 Å². The summed E-state index contributed by atoms with van der Waals surface area (Å²) in [5.41, 5.74) is 10.9. The molecule has 8 nitrogen and oxygen atoms in total. The smallest absolute Gasteiger partial charge is 0.228 e. The molecule has 0 saturated heterocycles. The molecular weight excluding hydrogens is 400 g/mol. The molecule has 0 amide bonds. The third kappa shape index (κ3) is 4.27. The van der Waals surface area contributed by atoms with E-state index in [1.807, 2.05) is 54.3 Å². The molecule has 160 valence electrons. The lowest BCUT2D eigenvalue weighted by Crippen LogP contribution is -2.92. The van der Waals surface area contributed by atoms with E-state index in [1.54, 1.807) is 18.6 Å². The van der Waals surface area contributed by atoms with Crippen molar-refractivity contribution in [2.24, 2.45) is 5.92 Å². The van der Waals surface area contributed by atoms with Crippen LogP contribution in [0.5, 0.6) is 0 Å². The molecule has 0 unspecified atom stereocenters. The summed E-state index contributed by atoms with van der Waals surface area (Å²) in [6.45, 7) is 0. The predicted octanol–water partition coefficient (Wildman–Crippen LogP) is 1.26. The SMILES string of the molecule is C[NH2+]C=C(C(=N)c1cccnc1)c1cnc2ccc(NC3=CC(C4CC4)=CN[NH2+]3)nc2c1. The highest BCUT2D eigenvalue weighted by Crippen LogP contribution is 2.37. The Morgan fingerprint density at radius 2 is 2.12 bits per heavy atom. The van der Waals surface area contributed by atoms with Gasteiger partial charge < -0.3 is 5.32 Å². The predicted molar refractivity (Wildman–Crippen MR) is 124 cm³/mol. The molecular formula is C24H26N8+2. The Bertz CT molecular complexity index is 1260. The molecule has 1 aliphatic carbocycles. The van der Waals surface area contributed by atoms with Crippen LogP contribution < -0.4 is 21.5 Å². The van der Waals surface area contributed by atoms with Gasteiger partial charge in [0.2, 0.25) is 5.82 Å². The van der Waals surface area contributed by atoms with Crippen molar-refractivity contribution < 1.29 is 10.7 Å². The number of hydrogen-bond acceptors (Lipinski definition) is 6. The van der Waals surface area contributed by atoms with Crippen LogP contribution in [0.2, 0.25) is 0 Å². The van der Waals surface area contributed by atoms with Gasteiger partial charge in [-0.3, -0.25) is 20.7 Å². The number of pyridine rings is 3. The number of anilines is 1. The second-order valence-electron chi connectivity index (χ2n) is 7.94. The first-order valence-electron chi connectivity index (χ1n) is 10.8. The summed E-state index contributed by atoms with van der Waals surface area (Å²) >= 11 is 0. The molecule has 0 spiro atoms. The van der Waals surface area contributed by atoms with Crippen molar-refractivity contribution in [3.63, 3.8) is 0 Å². The summed E-state index contributed by atoms with van der Waals surface area (Å²) in [5, 5.41) is 14.0. The normalized spacial score (nSPS) is 16.2. The van der Waals surface area contributed by atoms with E-state index in [1.165, 1.54) is 18.4 Å². The summed E-state index contributed by atoms with van der Waals surface area (Å²) in [7, 11) is 1.94. The molecule has 32 heavy (non-hydrogen) atoms. The fraction of sp³-hybridized carbons (Fsp3) is 0.167. The number of allylic oxidation sites excluding steroid dienone is 3. The quantitative estimate of drug-likeness (QED) is 0.288. The zero-order valence-corrected chi connectivity index (χ0v) is 17.8. The summed E-state index contributed by atoms with van der Waals surface area (Å²) < 4.78 is 0. The van der Waals surface area contributed by atoms with Crippen LogP contribution in [-0.4, -0.2) is 27.7 Å². The molecule has 3 aromatic rings. The molecule has 0 atom stereocenters. The van der Waals surface area contributed by atoms with Crippen LogP contribution >= 0.6 is 0 Å². The first-order valence-corrected chi connectivity index (χ1v) is 10.8. The number of fused-ring (bicyclic) bond motifs is 1. The number of nitrogens with one attached hydrogen (secondary N) is 3. The van der Waals surface area contributed by atoms with Gasteiger partial charge in [0.25, 0.3) is 0 Å². The fourth-order valence-electron chi connectivity index (χ4n) is 3.74. The number of rotatable bonds is 7. The third-order valence-corrected chi connectivity index (χ3v) is 5.53. The standard InChI is InChI=1S/C24H24N8/c1-26-14-19(24(25)16-3-2-8-27-11-16)18-9-21-20(28-12-18)6-7-22(30-21)31-23-10-17(13-29-32-23)15-4-5-15/h2-3,6-15,25-26,29,32H,4-5H2,1H3,(H,30,31)/p+2. The van der Waals surface area contributed by atoms with Crippen LogP contribution in [0, 0.1) is 11.3 Å². The Kier molecular flexibility index (Phi) is 5.45. The van der Waals surface area contributed by atoms with E-state index in [0.717, 1.165) is 39.4 Å². The first kappa shape index (κ1) is 20.0. The molecule has 7 N–H and O–H groups in total. The second-order valence-corrected chi connectivity index (χ2v) is 7.94. The van der Waals surface area contributed by atoms with Gasteiger partial charge in [0.1, 0.15) is 12.0 Å². The molecule has 1 aliphatic heterocycles. The average molecular weight is 427 g/mol. The fourth-order valence-corrected chi connectivity index (χ4v) is 3.74. The lowest BCUT2D eigenvalue weighted by Gasteiger charge is -2.14. The second kappa shape index (κ2) is 8.70. The number of nitrogens with two attached hydrogens (primary N) is 2. The van der Waals surface area contributed by atoms with E-state index < -0.39 is 0 Å². The monoisotopic (exact) mass is 426 g/mol.